The van der Waals surface area contributed by atoms with Crippen molar-refractivity contribution >= 4 is 39.9 Å². The molecule has 3 aromatic heterocycles. The van der Waals surface area contributed by atoms with E-state index in [1.165, 1.54) is 24.9 Å². The molecule has 11 heteroatoms. The van der Waals surface area contributed by atoms with E-state index in [0.717, 1.165) is 47.5 Å². The van der Waals surface area contributed by atoms with Crippen molar-refractivity contribution in [2.24, 2.45) is 18.7 Å². The van der Waals surface area contributed by atoms with E-state index in [9.17, 15) is 9.59 Å². The van der Waals surface area contributed by atoms with Gasteiger partial charge in [-0.15, -0.1) is 0 Å². The normalized spacial score (nSPS) is 17.4. The van der Waals surface area contributed by atoms with Gasteiger partial charge in [0.25, 0.3) is 5.91 Å². The van der Waals surface area contributed by atoms with E-state index < -0.39 is 6.09 Å². The number of nitrogens with zero attached hydrogens (tertiary/aromatic N) is 6. The zero-order valence-electron chi connectivity index (χ0n) is 23.4. The number of carbonyl (C=O) groups is 2. The van der Waals surface area contributed by atoms with Gasteiger partial charge in [-0.05, 0) is 61.9 Å². The molecule has 210 valence electrons. The summed E-state index contributed by atoms with van der Waals surface area (Å²) < 4.78 is 14.9. The second kappa shape index (κ2) is 10.1. The Kier molecular flexibility index (Phi) is 6.61. The highest BCUT2D eigenvalue weighted by Crippen LogP contribution is 2.38. The van der Waals surface area contributed by atoms with Crippen molar-refractivity contribution in [1.29, 1.82) is 0 Å². The third-order valence-electron chi connectivity index (χ3n) is 8.03. The molecule has 2 amide bonds. The molecule has 1 aliphatic heterocycles. The number of pyridine rings is 1. The van der Waals surface area contributed by atoms with Gasteiger partial charge < -0.3 is 29.2 Å². The van der Waals surface area contributed by atoms with Gasteiger partial charge in [-0.3, -0.25) is 9.69 Å². The summed E-state index contributed by atoms with van der Waals surface area (Å²) in [5.74, 6) is 2.36. The lowest BCUT2D eigenvalue weighted by atomic mass is 10.0. The molecule has 6 rings (SSSR count). The molecule has 0 unspecified atom stereocenters. The smallest absolute Gasteiger partial charge is 0.414 e. The fourth-order valence-corrected chi connectivity index (χ4v) is 5.66. The number of amides is 2. The number of nitrogens with two attached hydrogens (primary N) is 1. The lowest BCUT2D eigenvalue weighted by molar-refractivity contribution is 0.0708. The van der Waals surface area contributed by atoms with Crippen LogP contribution in [0.25, 0.3) is 33.6 Å². The Balaban J connectivity index is 1.46. The third kappa shape index (κ3) is 4.53. The first-order valence-corrected chi connectivity index (χ1v) is 13.7. The fraction of sp³-hybridized carbons (Fsp3) is 0.448. The number of carbonyl (C=O) groups excluding carboxylic acids is 2. The van der Waals surface area contributed by atoms with E-state index in [-0.39, 0.29) is 11.9 Å². The molecule has 1 atom stereocenters. The van der Waals surface area contributed by atoms with Crippen LogP contribution in [0.4, 0.5) is 10.6 Å². The van der Waals surface area contributed by atoms with Crippen molar-refractivity contribution in [1.82, 2.24) is 24.0 Å². The number of aryl methyl sites for hydroxylation is 1. The van der Waals surface area contributed by atoms with Crippen LogP contribution in [0.3, 0.4) is 0 Å². The summed E-state index contributed by atoms with van der Waals surface area (Å²) in [4.78, 5) is 38.6. The van der Waals surface area contributed by atoms with Crippen LogP contribution < -0.4 is 15.4 Å². The summed E-state index contributed by atoms with van der Waals surface area (Å²) in [6, 6.07) is 9.51. The maximum atomic E-state index is 13.4. The minimum absolute atomic E-state index is 0.000280. The quantitative estimate of drug-likeness (QED) is 0.391. The van der Waals surface area contributed by atoms with Gasteiger partial charge in [0.05, 0.1) is 25.4 Å². The number of piperidine rings is 1. The van der Waals surface area contributed by atoms with Crippen LogP contribution in [0.5, 0.6) is 5.75 Å². The molecule has 40 heavy (non-hydrogen) atoms. The van der Waals surface area contributed by atoms with Crippen LogP contribution >= 0.6 is 0 Å². The maximum Gasteiger partial charge on any atom is 0.414 e. The molecule has 1 aromatic carbocycles. The van der Waals surface area contributed by atoms with Gasteiger partial charge in [0.1, 0.15) is 22.7 Å². The molecule has 0 spiro atoms. The Morgan fingerprint density at radius 1 is 1.12 bits per heavy atom. The van der Waals surface area contributed by atoms with Crippen LogP contribution in [0.15, 0.2) is 30.3 Å². The molecule has 0 radical (unpaired) electrons. The second-order valence-corrected chi connectivity index (χ2v) is 10.9. The van der Waals surface area contributed by atoms with Gasteiger partial charge in [-0.25, -0.2) is 14.8 Å². The predicted octanol–water partition coefficient (Wildman–Crippen LogP) is 3.77. The molecule has 1 aliphatic carbocycles. The van der Waals surface area contributed by atoms with E-state index in [2.05, 4.69) is 10.6 Å². The van der Waals surface area contributed by atoms with Crippen molar-refractivity contribution in [3.05, 3.63) is 35.9 Å². The van der Waals surface area contributed by atoms with E-state index >= 15 is 0 Å². The van der Waals surface area contributed by atoms with Gasteiger partial charge in [-0.2, -0.15) is 0 Å². The van der Waals surface area contributed by atoms with Gasteiger partial charge in [0.15, 0.2) is 5.82 Å². The maximum absolute atomic E-state index is 13.4. The number of hydrogen-bond acceptors (Lipinski definition) is 7. The average molecular weight is 546 g/mol. The lowest BCUT2D eigenvalue weighted by Crippen LogP contribution is -2.45. The average Bonchev–Trinajstić information content (AvgIpc) is 3.64. The molecular weight excluding hydrogens is 510 g/mol. The topological polar surface area (TPSA) is 121 Å². The minimum atomic E-state index is -0.480. The Morgan fingerprint density at radius 3 is 2.62 bits per heavy atom. The van der Waals surface area contributed by atoms with Crippen molar-refractivity contribution in [3.63, 3.8) is 0 Å². The van der Waals surface area contributed by atoms with E-state index in [1.807, 2.05) is 34.7 Å². The van der Waals surface area contributed by atoms with Crippen LogP contribution in [-0.4, -0.2) is 76.4 Å². The number of benzene rings is 1. The second-order valence-electron chi connectivity index (χ2n) is 10.9. The van der Waals surface area contributed by atoms with Crippen molar-refractivity contribution in [3.8, 4) is 17.3 Å². The molecule has 2 N–H and O–H groups in total. The van der Waals surface area contributed by atoms with Gasteiger partial charge >= 0.3 is 6.09 Å². The minimum Gasteiger partial charge on any atom is -0.494 e. The van der Waals surface area contributed by atoms with E-state index in [4.69, 9.17) is 25.2 Å². The molecule has 0 bridgehead atoms. The van der Waals surface area contributed by atoms with Crippen LogP contribution in [0, 0.1) is 5.92 Å². The van der Waals surface area contributed by atoms with E-state index in [0.29, 0.717) is 41.7 Å². The summed E-state index contributed by atoms with van der Waals surface area (Å²) in [5.41, 5.74) is 9.88. The summed E-state index contributed by atoms with van der Waals surface area (Å²) in [5, 5.41) is 0.953. The largest absolute Gasteiger partial charge is 0.494 e. The van der Waals surface area contributed by atoms with E-state index in [1.54, 1.807) is 20.2 Å². The number of likely N-dealkylation sites (tertiary alicyclic amines) is 1. The SMILES string of the molecule is COC(=O)N(C)c1ccc2cc(-c3nc4cc(C(=O)N5CCC[C@@H](N)C5)cc(OC)c4n3C)n(CC3CC3)c2n1. The molecule has 4 heterocycles. The first-order chi connectivity index (χ1) is 19.3. The molecule has 11 nitrogen and oxygen atoms in total. The first-order valence-electron chi connectivity index (χ1n) is 13.7. The number of hydrogen-bond donors (Lipinski definition) is 1. The summed E-state index contributed by atoms with van der Waals surface area (Å²) in [7, 11) is 6.57. The number of ether oxygens (including phenoxy) is 2. The highest BCUT2D eigenvalue weighted by molar-refractivity contribution is 6.00. The highest BCUT2D eigenvalue weighted by Gasteiger charge is 2.28. The van der Waals surface area contributed by atoms with Crippen molar-refractivity contribution in [2.45, 2.75) is 38.3 Å². The van der Waals surface area contributed by atoms with Crippen LogP contribution in [0.1, 0.15) is 36.0 Å². The Bertz CT molecular complexity index is 1620. The Labute approximate surface area is 232 Å². The van der Waals surface area contributed by atoms with Gasteiger partial charge in [-0.1, -0.05) is 0 Å². The van der Waals surface area contributed by atoms with Gasteiger partial charge in [0.2, 0.25) is 0 Å². The highest BCUT2D eigenvalue weighted by atomic mass is 16.5. The Morgan fingerprint density at radius 2 is 1.93 bits per heavy atom. The number of anilines is 1. The predicted molar refractivity (Wildman–Crippen MR) is 153 cm³/mol. The molecule has 4 aromatic rings. The molecule has 1 saturated heterocycles. The van der Waals surface area contributed by atoms with Gasteiger partial charge in [0, 0.05) is 50.7 Å². The number of rotatable bonds is 6. The Hall–Kier alpha value is -4.12. The number of imidazole rings is 1. The zero-order valence-corrected chi connectivity index (χ0v) is 23.4. The summed E-state index contributed by atoms with van der Waals surface area (Å²) >= 11 is 0. The fourth-order valence-electron chi connectivity index (χ4n) is 5.66. The lowest BCUT2D eigenvalue weighted by Gasteiger charge is -2.30. The zero-order chi connectivity index (χ0) is 28.1. The summed E-state index contributed by atoms with van der Waals surface area (Å²) in [6.45, 7) is 2.05. The molecule has 2 aliphatic rings. The first kappa shape index (κ1) is 26.1. The monoisotopic (exact) mass is 545 g/mol. The third-order valence-corrected chi connectivity index (χ3v) is 8.03. The van der Waals surface area contributed by atoms with Crippen LogP contribution in [-0.2, 0) is 18.3 Å². The number of aromatic nitrogens is 4. The number of fused-ring (bicyclic) bond motifs is 2. The van der Waals surface area contributed by atoms with Crippen LogP contribution in [0.2, 0.25) is 0 Å². The molecule has 2 fully saturated rings. The summed E-state index contributed by atoms with van der Waals surface area (Å²) in [6.07, 6.45) is 3.69. The number of methoxy groups -OCH3 is 2. The molecule has 1 saturated carbocycles. The molecular formula is C29H35N7O4. The van der Waals surface area contributed by atoms with Crippen molar-refractivity contribution in [2.75, 3.05) is 39.3 Å². The van der Waals surface area contributed by atoms with Crippen molar-refractivity contribution < 1.29 is 19.1 Å². The standard InChI is InChI=1S/C29H35N7O4/c1-33(29(38)40-4)24-10-9-18-13-22(36(26(18)32-24)15-17-7-8-17)27-31-21-12-19(14-23(39-3)25(21)34(27)2)28(37)35-11-5-6-20(30)16-35/h9-10,12-14,17,20H,5-8,11,15-16,30H2,1-4H3/t20-/m1/s1.